The second-order valence-corrected chi connectivity index (χ2v) is 7.15. The molecule has 0 bridgehead atoms. The molecule has 0 spiro atoms. The van der Waals surface area contributed by atoms with E-state index in [4.69, 9.17) is 14.2 Å². The van der Waals surface area contributed by atoms with Crippen LogP contribution in [0.25, 0.3) is 0 Å². The smallest absolute Gasteiger partial charge is 0.234 e. The van der Waals surface area contributed by atoms with Crippen LogP contribution >= 0.6 is 0 Å². The first kappa shape index (κ1) is 21.0. The number of likely N-dealkylation sites (tertiary alicyclic amines) is 1. The van der Waals surface area contributed by atoms with Gasteiger partial charge in [-0.15, -0.1) is 0 Å². The molecule has 1 atom stereocenters. The van der Waals surface area contributed by atoms with Crippen molar-refractivity contribution < 1.29 is 19.0 Å². The molecule has 2 aromatic carbocycles. The van der Waals surface area contributed by atoms with E-state index in [9.17, 15) is 4.79 Å². The summed E-state index contributed by atoms with van der Waals surface area (Å²) in [7, 11) is 4.98. The first-order chi connectivity index (χ1) is 14.2. The predicted octanol–water partition coefficient (Wildman–Crippen LogP) is 3.21. The Kier molecular flexibility index (Phi) is 7.36. The average Bonchev–Trinajstić information content (AvgIpc) is 3.21. The average molecular weight is 399 g/mol. The zero-order valence-corrected chi connectivity index (χ0v) is 17.4. The third-order valence-corrected chi connectivity index (χ3v) is 5.42. The van der Waals surface area contributed by atoms with Crippen LogP contribution in [0.2, 0.25) is 0 Å². The molecule has 29 heavy (non-hydrogen) atoms. The van der Waals surface area contributed by atoms with Crippen molar-refractivity contribution in [3.05, 3.63) is 53.6 Å². The highest BCUT2D eigenvalue weighted by Crippen LogP contribution is 2.38. The molecule has 1 N–H and O–H groups in total. The molecule has 0 saturated carbocycles. The van der Waals surface area contributed by atoms with E-state index in [0.717, 1.165) is 54.2 Å². The van der Waals surface area contributed by atoms with Crippen LogP contribution in [0.1, 0.15) is 30.0 Å². The maximum atomic E-state index is 12.5. The Bertz CT molecular complexity index is 824. The number of benzene rings is 2. The quantitative estimate of drug-likeness (QED) is 0.703. The number of ether oxygens (including phenoxy) is 3. The highest BCUT2D eigenvalue weighted by molar-refractivity contribution is 5.78. The van der Waals surface area contributed by atoms with Crippen molar-refractivity contribution >= 4 is 5.91 Å². The number of para-hydroxylation sites is 1. The highest BCUT2D eigenvalue weighted by atomic mass is 16.5. The Morgan fingerprint density at radius 2 is 1.86 bits per heavy atom. The van der Waals surface area contributed by atoms with Gasteiger partial charge in [-0.05, 0) is 43.5 Å². The maximum Gasteiger partial charge on any atom is 0.234 e. The van der Waals surface area contributed by atoms with Crippen LogP contribution < -0.4 is 19.5 Å². The summed E-state index contributed by atoms with van der Waals surface area (Å²) in [6.45, 7) is 1.87. The van der Waals surface area contributed by atoms with E-state index in [1.54, 1.807) is 21.3 Å². The van der Waals surface area contributed by atoms with E-state index < -0.39 is 0 Å². The van der Waals surface area contributed by atoms with Crippen LogP contribution in [0, 0.1) is 0 Å². The van der Waals surface area contributed by atoms with E-state index in [2.05, 4.69) is 10.2 Å². The molecule has 6 heteroatoms. The van der Waals surface area contributed by atoms with Crippen molar-refractivity contribution in [3.8, 4) is 17.2 Å². The molecule has 3 rings (SSSR count). The molecular formula is C23H30N2O4. The molecule has 1 saturated heterocycles. The molecule has 6 nitrogen and oxygen atoms in total. The molecule has 0 aromatic heterocycles. The first-order valence-electron chi connectivity index (χ1n) is 10.0. The lowest BCUT2D eigenvalue weighted by Gasteiger charge is -2.26. The Hall–Kier alpha value is -2.73. The minimum Gasteiger partial charge on any atom is -0.497 e. The lowest BCUT2D eigenvalue weighted by atomic mass is 10.0. The maximum absolute atomic E-state index is 12.5. The summed E-state index contributed by atoms with van der Waals surface area (Å²) in [5.74, 6) is 2.47. The zero-order valence-electron chi connectivity index (χ0n) is 17.4. The van der Waals surface area contributed by atoms with Crippen LogP contribution in [-0.2, 0) is 11.2 Å². The fraction of sp³-hybridized carbons (Fsp3) is 0.435. The molecular weight excluding hydrogens is 368 g/mol. The molecule has 1 aliphatic rings. The van der Waals surface area contributed by atoms with Gasteiger partial charge in [-0.25, -0.2) is 0 Å². The number of nitrogens with zero attached hydrogens (tertiary/aromatic N) is 1. The van der Waals surface area contributed by atoms with Gasteiger partial charge in [0.05, 0.1) is 27.9 Å². The van der Waals surface area contributed by atoms with Crippen molar-refractivity contribution in [2.24, 2.45) is 0 Å². The van der Waals surface area contributed by atoms with E-state index in [1.807, 2.05) is 42.5 Å². The number of carbonyl (C=O) groups is 1. The van der Waals surface area contributed by atoms with Crippen LogP contribution in [0.5, 0.6) is 17.2 Å². The van der Waals surface area contributed by atoms with E-state index in [-0.39, 0.29) is 11.9 Å². The molecule has 1 fully saturated rings. The first-order valence-corrected chi connectivity index (χ1v) is 10.0. The third-order valence-electron chi connectivity index (χ3n) is 5.42. The molecule has 156 valence electrons. The number of hydrogen-bond acceptors (Lipinski definition) is 5. The Morgan fingerprint density at radius 3 is 2.62 bits per heavy atom. The SMILES string of the molecule is COc1ccc(C2CCCN2CC(=O)NCCc2ccccc2OC)c(OC)c1. The van der Waals surface area contributed by atoms with Crippen molar-refractivity contribution in [2.45, 2.75) is 25.3 Å². The topological polar surface area (TPSA) is 60.0 Å². The van der Waals surface area contributed by atoms with Crippen molar-refractivity contribution in [3.63, 3.8) is 0 Å². The zero-order chi connectivity index (χ0) is 20.6. The number of amides is 1. The summed E-state index contributed by atoms with van der Waals surface area (Å²) in [4.78, 5) is 14.8. The molecule has 2 aromatic rings. The van der Waals surface area contributed by atoms with Gasteiger partial charge in [0.1, 0.15) is 17.2 Å². The highest BCUT2D eigenvalue weighted by Gasteiger charge is 2.29. The van der Waals surface area contributed by atoms with Gasteiger partial charge in [0.2, 0.25) is 5.91 Å². The molecule has 1 aliphatic heterocycles. The lowest BCUT2D eigenvalue weighted by molar-refractivity contribution is -0.122. The van der Waals surface area contributed by atoms with Gasteiger partial charge in [0, 0.05) is 24.2 Å². The normalized spacial score (nSPS) is 16.4. The number of methoxy groups -OCH3 is 3. The minimum absolute atomic E-state index is 0.0410. The fourth-order valence-electron chi connectivity index (χ4n) is 3.95. The summed E-state index contributed by atoms with van der Waals surface area (Å²) >= 11 is 0. The molecule has 0 aliphatic carbocycles. The molecule has 0 radical (unpaired) electrons. The van der Waals surface area contributed by atoms with Crippen molar-refractivity contribution in [1.82, 2.24) is 10.2 Å². The fourth-order valence-corrected chi connectivity index (χ4v) is 3.95. The van der Waals surface area contributed by atoms with Gasteiger partial charge in [-0.2, -0.15) is 0 Å². The second-order valence-electron chi connectivity index (χ2n) is 7.15. The number of hydrogen-bond donors (Lipinski definition) is 1. The van der Waals surface area contributed by atoms with E-state index in [0.29, 0.717) is 13.1 Å². The standard InChI is InChI=1S/C23H30N2O4/c1-27-18-10-11-19(22(15-18)29-3)20-8-6-14-25(20)16-23(26)24-13-12-17-7-4-5-9-21(17)28-2/h4-5,7,9-11,15,20H,6,8,12-14,16H2,1-3H3,(H,24,26). The Balaban J connectivity index is 1.57. The van der Waals surface area contributed by atoms with Gasteiger partial charge in [0.15, 0.2) is 0 Å². The minimum atomic E-state index is 0.0410. The molecule has 1 amide bonds. The van der Waals surface area contributed by atoms with Crippen molar-refractivity contribution in [2.75, 3.05) is 41.0 Å². The van der Waals surface area contributed by atoms with Crippen LogP contribution in [-0.4, -0.2) is 51.8 Å². The van der Waals surface area contributed by atoms with E-state index in [1.165, 1.54) is 0 Å². The number of nitrogens with one attached hydrogen (secondary N) is 1. The Labute approximate surface area is 172 Å². The van der Waals surface area contributed by atoms with Gasteiger partial charge in [0.25, 0.3) is 0 Å². The summed E-state index contributed by atoms with van der Waals surface area (Å²) in [6, 6.07) is 14.0. The summed E-state index contributed by atoms with van der Waals surface area (Å²) < 4.78 is 16.2. The predicted molar refractivity (Wildman–Crippen MR) is 113 cm³/mol. The largest absolute Gasteiger partial charge is 0.497 e. The van der Waals surface area contributed by atoms with Crippen molar-refractivity contribution in [1.29, 1.82) is 0 Å². The van der Waals surface area contributed by atoms with Crippen LogP contribution in [0.3, 0.4) is 0 Å². The second kappa shape index (κ2) is 10.2. The summed E-state index contributed by atoms with van der Waals surface area (Å²) in [5, 5.41) is 3.04. The van der Waals surface area contributed by atoms with Gasteiger partial charge in [-0.3, -0.25) is 9.69 Å². The monoisotopic (exact) mass is 398 g/mol. The number of carbonyl (C=O) groups excluding carboxylic acids is 1. The van der Waals surface area contributed by atoms with E-state index >= 15 is 0 Å². The summed E-state index contributed by atoms with van der Waals surface area (Å²) in [6.07, 6.45) is 2.82. The van der Waals surface area contributed by atoms with Crippen LogP contribution in [0.4, 0.5) is 0 Å². The third kappa shape index (κ3) is 5.21. The van der Waals surface area contributed by atoms with Gasteiger partial charge < -0.3 is 19.5 Å². The van der Waals surface area contributed by atoms with Gasteiger partial charge in [-0.1, -0.05) is 24.3 Å². The lowest BCUT2D eigenvalue weighted by Crippen LogP contribution is -2.37. The van der Waals surface area contributed by atoms with Crippen LogP contribution in [0.15, 0.2) is 42.5 Å². The van der Waals surface area contributed by atoms with Gasteiger partial charge >= 0.3 is 0 Å². The molecule has 1 unspecified atom stereocenters. The summed E-state index contributed by atoms with van der Waals surface area (Å²) in [5.41, 5.74) is 2.20. The number of rotatable bonds is 9. The molecule has 1 heterocycles. The Morgan fingerprint density at radius 1 is 1.07 bits per heavy atom.